The summed E-state index contributed by atoms with van der Waals surface area (Å²) in [7, 11) is -1.59. The van der Waals surface area contributed by atoms with Gasteiger partial charge in [0.1, 0.15) is 17.2 Å². The third-order valence-corrected chi connectivity index (χ3v) is 4.40. The molecular weight excluding hydrogens is 729 g/mol. The van der Waals surface area contributed by atoms with Gasteiger partial charge < -0.3 is 13.6 Å². The van der Waals surface area contributed by atoms with Crippen molar-refractivity contribution in [1.82, 2.24) is 0 Å². The summed E-state index contributed by atoms with van der Waals surface area (Å²) in [4.78, 5) is 0. The predicted octanol–water partition coefficient (Wildman–Crippen LogP) is 8.12. The molecule has 4 rings (SSSR count). The maximum atomic E-state index is 7.50. The summed E-state index contributed by atoms with van der Waals surface area (Å²) >= 11 is 6.39. The van der Waals surface area contributed by atoms with Crippen LogP contribution in [0, 0.1) is 38.8 Å². The minimum Gasteiger partial charge on any atom is -0.409 e. The minimum absolute atomic E-state index is 0.0417. The standard InChI is InChI=1S/C18H15O3P.C5H5.CO.2BrH.Re/c1-4-10-16(11-5-1)19-22(20-17-12-6-2-7-13-17)21-18-14-8-3-9-15-18;1-2-4-5-3-1;1-2;;;/h1-15H;1-5H;;2*1H;/q;;;;;+2/p-2. The molecule has 0 saturated heterocycles. The van der Waals surface area contributed by atoms with E-state index in [0.29, 0.717) is 17.2 Å². The van der Waals surface area contributed by atoms with Crippen LogP contribution < -0.4 is 13.6 Å². The van der Waals surface area contributed by atoms with Crippen molar-refractivity contribution in [2.24, 2.45) is 0 Å². The summed E-state index contributed by atoms with van der Waals surface area (Å²) in [5.74, 6) is 2.13. The van der Waals surface area contributed by atoms with E-state index in [1.807, 2.05) is 123 Å². The van der Waals surface area contributed by atoms with Crippen molar-refractivity contribution in [3.8, 4) is 17.2 Å². The molecule has 1 fully saturated rings. The summed E-state index contributed by atoms with van der Waals surface area (Å²) in [6, 6.07) is 28.5. The summed E-state index contributed by atoms with van der Waals surface area (Å²) < 4.78 is 25.0. The summed E-state index contributed by atoms with van der Waals surface area (Å²) in [6.07, 6.45) is 10.0. The molecule has 3 aromatic carbocycles. The zero-order valence-corrected chi connectivity index (χ0v) is 23.5. The van der Waals surface area contributed by atoms with Gasteiger partial charge in [0, 0.05) is 0 Å². The van der Waals surface area contributed by atoms with Gasteiger partial charge in [0.25, 0.3) is 0 Å². The van der Waals surface area contributed by atoms with Crippen molar-refractivity contribution in [2.45, 2.75) is 0 Å². The third kappa shape index (κ3) is 14.1. The maximum Gasteiger partial charge on any atom is 0.530 e. The molecule has 4 nitrogen and oxygen atoms in total. The molecule has 0 atom stereocenters. The monoisotopic (exact) mass is 748 g/mol. The summed E-state index contributed by atoms with van der Waals surface area (Å²) in [6.45, 7) is 4.50. The van der Waals surface area contributed by atoms with Gasteiger partial charge in [0.2, 0.25) is 0 Å². The van der Waals surface area contributed by atoms with E-state index in [-0.39, 0.29) is 13.9 Å². The van der Waals surface area contributed by atoms with Crippen LogP contribution in [0.3, 0.4) is 0 Å². The van der Waals surface area contributed by atoms with Gasteiger partial charge in [0.05, 0.1) is 0 Å². The van der Waals surface area contributed by atoms with Gasteiger partial charge in [-0.15, -0.1) is 0 Å². The number of halogens is 2. The molecule has 3 aromatic rings. The first-order valence-corrected chi connectivity index (χ1v) is 22.0. The molecule has 1 aliphatic carbocycles. The molecule has 0 aromatic heterocycles. The Morgan fingerprint density at radius 2 is 0.750 bits per heavy atom. The van der Waals surface area contributed by atoms with E-state index in [0.717, 1.165) is 0 Å². The first kappa shape index (κ1) is 28.9. The van der Waals surface area contributed by atoms with Gasteiger partial charge in [0.15, 0.2) is 0 Å². The van der Waals surface area contributed by atoms with Gasteiger partial charge in [-0.1, -0.05) is 54.6 Å². The van der Waals surface area contributed by atoms with E-state index in [1.165, 1.54) is 0 Å². The molecule has 1 aliphatic rings. The van der Waals surface area contributed by atoms with Crippen molar-refractivity contribution >= 4 is 35.5 Å². The number of rotatable bonds is 6. The Morgan fingerprint density at radius 3 is 0.969 bits per heavy atom. The molecule has 0 N–H and O–H groups in total. The molecule has 0 aliphatic heterocycles. The van der Waals surface area contributed by atoms with Crippen LogP contribution in [0.5, 0.6) is 17.2 Å². The molecule has 0 amide bonds. The molecule has 0 bridgehead atoms. The SMILES string of the molecule is [Br][Re][Br].[C-]#[O+].[CH]1[CH][CH][CH][CH]1.c1ccc(OP(Oc2ccccc2)Oc2ccccc2)cc1. The van der Waals surface area contributed by atoms with Gasteiger partial charge in [-0.2, -0.15) is 0 Å². The van der Waals surface area contributed by atoms with Crippen LogP contribution in [0.4, 0.5) is 0 Å². The van der Waals surface area contributed by atoms with Crippen LogP contribution in [0.15, 0.2) is 91.0 Å². The Bertz CT molecular complexity index is 716. The Labute approximate surface area is 213 Å². The summed E-state index contributed by atoms with van der Waals surface area (Å²) in [5, 5.41) is 0. The fourth-order valence-corrected chi connectivity index (χ4v) is 3.07. The second kappa shape index (κ2) is 20.5. The van der Waals surface area contributed by atoms with Gasteiger partial charge >= 0.3 is 60.7 Å². The van der Waals surface area contributed by atoms with E-state index in [9.17, 15) is 0 Å². The van der Waals surface area contributed by atoms with Crippen molar-refractivity contribution in [3.63, 3.8) is 0 Å². The first-order valence-electron chi connectivity index (χ1n) is 9.05. The van der Waals surface area contributed by atoms with Crippen molar-refractivity contribution in [3.05, 3.63) is 130 Å². The van der Waals surface area contributed by atoms with E-state index < -0.39 is 8.60 Å². The smallest absolute Gasteiger partial charge is 0.409 e. The van der Waals surface area contributed by atoms with Crippen molar-refractivity contribution < 1.29 is 32.2 Å². The zero-order valence-electron chi connectivity index (χ0n) is 16.8. The average Bonchev–Trinajstić information content (AvgIpc) is 3.43. The van der Waals surface area contributed by atoms with Gasteiger partial charge in [-0.05, 0) is 68.5 Å². The molecule has 8 heteroatoms. The van der Waals surface area contributed by atoms with E-state index in [1.54, 1.807) is 0 Å². The van der Waals surface area contributed by atoms with Gasteiger partial charge in [-0.3, -0.25) is 0 Å². The molecule has 1 saturated carbocycles. The van der Waals surface area contributed by atoms with Crippen LogP contribution in [-0.4, -0.2) is 0 Å². The number of benzene rings is 3. The predicted molar refractivity (Wildman–Crippen MR) is 131 cm³/mol. The average molecular weight is 749 g/mol. The third-order valence-electron chi connectivity index (χ3n) is 3.33. The van der Waals surface area contributed by atoms with E-state index >= 15 is 0 Å². The number of hydrogen-bond donors (Lipinski definition) is 0. The quantitative estimate of drug-likeness (QED) is 0.145. The Morgan fingerprint density at radius 1 is 0.531 bits per heavy atom. The van der Waals surface area contributed by atoms with Crippen LogP contribution in [0.25, 0.3) is 0 Å². The summed E-state index contributed by atoms with van der Waals surface area (Å²) in [5.41, 5.74) is 0. The van der Waals surface area contributed by atoms with Crippen LogP contribution in [0.2, 0.25) is 0 Å². The zero-order chi connectivity index (χ0) is 23.3. The maximum absolute atomic E-state index is 7.50. The molecule has 0 heterocycles. The fourth-order valence-electron chi connectivity index (χ4n) is 2.08. The number of hydrogen-bond acceptors (Lipinski definition) is 3. The van der Waals surface area contributed by atoms with Crippen LogP contribution in [-0.2, 0) is 18.6 Å². The fraction of sp³-hybridized carbons (Fsp3) is 0. The second-order valence-electron chi connectivity index (χ2n) is 5.45. The Balaban J connectivity index is 0.000000430. The normalized spacial score (nSPS) is 11.4. The molecule has 0 unspecified atom stereocenters. The van der Waals surface area contributed by atoms with E-state index in [4.69, 9.17) is 18.2 Å². The topological polar surface area (TPSA) is 47.6 Å². The number of para-hydroxylation sites is 3. The molecule has 32 heavy (non-hydrogen) atoms. The molecule has 5 radical (unpaired) electrons. The first-order chi connectivity index (χ1) is 15.8. The van der Waals surface area contributed by atoms with E-state index in [2.05, 4.69) is 33.5 Å². The second-order valence-corrected chi connectivity index (χ2v) is 18.3. The van der Waals surface area contributed by atoms with Gasteiger partial charge in [-0.25, -0.2) is 0 Å². The van der Waals surface area contributed by atoms with Crippen molar-refractivity contribution in [2.75, 3.05) is 0 Å². The largest absolute Gasteiger partial charge is 0.530 e. The van der Waals surface area contributed by atoms with Crippen LogP contribution in [0.1, 0.15) is 0 Å². The molecular formula is C24H20Br2O4PRe. The Kier molecular flexibility index (Phi) is 18.5. The Hall–Kier alpha value is -1.15. The molecule has 166 valence electrons. The molecule has 0 spiro atoms. The van der Waals surface area contributed by atoms with Crippen LogP contribution >= 0.6 is 35.5 Å². The minimum atomic E-state index is -1.59. The van der Waals surface area contributed by atoms with Crippen molar-refractivity contribution in [1.29, 1.82) is 0 Å².